The van der Waals surface area contributed by atoms with Gasteiger partial charge in [-0.15, -0.1) is 0 Å². The minimum Gasteiger partial charge on any atom is -0.494 e. The standard InChI is InChI=1S/C25H23F3O6S/c1-31-21-10-7-16(6-5-15-11-22(32-2)25(34-4)23(12-15)33-3)18(24(21)28)14-35(29,30)17-8-9-19(26)20(27)13-17/h5-13H,14H2,1-4H3/b6-5-. The average Bonchev–Trinajstić information content (AvgIpc) is 2.85. The monoisotopic (exact) mass is 508 g/mol. The first-order chi connectivity index (χ1) is 16.6. The van der Waals surface area contributed by atoms with Crippen LogP contribution in [0.4, 0.5) is 13.2 Å². The van der Waals surface area contributed by atoms with Crippen LogP contribution in [0.15, 0.2) is 47.4 Å². The number of hydrogen-bond acceptors (Lipinski definition) is 6. The molecule has 0 unspecified atom stereocenters. The van der Waals surface area contributed by atoms with Gasteiger partial charge in [0.05, 0.1) is 39.1 Å². The molecule has 0 amide bonds. The van der Waals surface area contributed by atoms with Gasteiger partial charge in [0.25, 0.3) is 0 Å². The predicted molar refractivity (Wildman–Crippen MR) is 125 cm³/mol. The van der Waals surface area contributed by atoms with Crippen molar-refractivity contribution in [3.8, 4) is 23.0 Å². The molecule has 0 aliphatic heterocycles. The lowest BCUT2D eigenvalue weighted by Crippen LogP contribution is -2.09. The fraction of sp³-hybridized carbons (Fsp3) is 0.200. The summed E-state index contributed by atoms with van der Waals surface area (Å²) in [7, 11) is 1.41. The van der Waals surface area contributed by atoms with Gasteiger partial charge in [0.1, 0.15) is 0 Å². The van der Waals surface area contributed by atoms with Crippen LogP contribution in [-0.2, 0) is 15.6 Å². The van der Waals surface area contributed by atoms with Crippen molar-refractivity contribution in [2.45, 2.75) is 10.6 Å². The Bertz CT molecular complexity index is 1340. The molecule has 0 aliphatic rings. The zero-order chi connectivity index (χ0) is 25.8. The molecule has 3 aromatic rings. The molecular weight excluding hydrogens is 485 g/mol. The van der Waals surface area contributed by atoms with E-state index in [9.17, 15) is 17.2 Å². The number of rotatable bonds is 9. The topological polar surface area (TPSA) is 71.1 Å². The molecule has 3 aromatic carbocycles. The SMILES string of the molecule is COc1ccc(/C=C\c2cc(OC)c(OC)c(OC)c2)c(CS(=O)(=O)c2ccc(F)c(F)c2)c1F. The van der Waals surface area contributed by atoms with Gasteiger partial charge in [-0.25, -0.2) is 21.6 Å². The first kappa shape index (κ1) is 26.0. The Morgan fingerprint density at radius 3 is 1.91 bits per heavy atom. The van der Waals surface area contributed by atoms with E-state index in [1.54, 1.807) is 18.2 Å². The minimum atomic E-state index is -4.23. The van der Waals surface area contributed by atoms with Crippen molar-refractivity contribution >= 4 is 22.0 Å². The minimum absolute atomic E-state index is 0.162. The zero-order valence-electron chi connectivity index (χ0n) is 19.4. The maximum atomic E-state index is 15.2. The summed E-state index contributed by atoms with van der Waals surface area (Å²) in [4.78, 5) is -0.474. The highest BCUT2D eigenvalue weighted by Gasteiger charge is 2.23. The molecule has 186 valence electrons. The van der Waals surface area contributed by atoms with Gasteiger partial charge in [-0.3, -0.25) is 0 Å². The van der Waals surface area contributed by atoms with Gasteiger partial charge in [0.2, 0.25) is 5.75 Å². The lowest BCUT2D eigenvalue weighted by Gasteiger charge is -2.14. The number of ether oxygens (including phenoxy) is 4. The number of halogens is 3. The average molecular weight is 509 g/mol. The van der Waals surface area contributed by atoms with Crippen molar-refractivity contribution in [2.75, 3.05) is 28.4 Å². The molecule has 0 fully saturated rings. The Morgan fingerprint density at radius 1 is 0.743 bits per heavy atom. The first-order valence-electron chi connectivity index (χ1n) is 10.2. The molecule has 0 heterocycles. The van der Waals surface area contributed by atoms with Crippen LogP contribution in [-0.4, -0.2) is 36.9 Å². The summed E-state index contributed by atoms with van der Waals surface area (Å²) in [6.07, 6.45) is 3.12. The van der Waals surface area contributed by atoms with E-state index in [1.165, 1.54) is 46.6 Å². The van der Waals surface area contributed by atoms with Crippen LogP contribution >= 0.6 is 0 Å². The summed E-state index contributed by atoms with van der Waals surface area (Å²) >= 11 is 0. The van der Waals surface area contributed by atoms with Crippen LogP contribution in [0, 0.1) is 17.5 Å². The normalized spacial score (nSPS) is 11.5. The molecule has 0 saturated carbocycles. The summed E-state index contributed by atoms with van der Waals surface area (Å²) in [5, 5.41) is 0. The van der Waals surface area contributed by atoms with Crippen molar-refractivity contribution in [3.63, 3.8) is 0 Å². The summed E-state index contributed by atoms with van der Waals surface area (Å²) < 4.78 is 88.9. The molecular formula is C25H23F3O6S. The third-order valence-corrected chi connectivity index (χ3v) is 6.83. The van der Waals surface area contributed by atoms with Crippen molar-refractivity contribution in [3.05, 3.63) is 76.6 Å². The van der Waals surface area contributed by atoms with Gasteiger partial charge in [0, 0.05) is 5.56 Å². The van der Waals surface area contributed by atoms with Gasteiger partial charge >= 0.3 is 0 Å². The summed E-state index contributed by atoms with van der Waals surface area (Å²) in [6.45, 7) is 0. The van der Waals surface area contributed by atoms with Crippen LogP contribution in [0.5, 0.6) is 23.0 Å². The van der Waals surface area contributed by atoms with E-state index < -0.39 is 37.9 Å². The zero-order valence-corrected chi connectivity index (χ0v) is 20.2. The second kappa shape index (κ2) is 10.7. The largest absolute Gasteiger partial charge is 0.494 e. The summed E-state index contributed by atoms with van der Waals surface area (Å²) in [5.41, 5.74) is 0.645. The van der Waals surface area contributed by atoms with E-state index in [0.29, 0.717) is 34.9 Å². The maximum absolute atomic E-state index is 15.2. The maximum Gasteiger partial charge on any atom is 0.203 e. The highest BCUT2D eigenvalue weighted by molar-refractivity contribution is 7.90. The highest BCUT2D eigenvalue weighted by Crippen LogP contribution is 2.39. The Labute approximate surface area is 201 Å². The number of methoxy groups -OCH3 is 4. The van der Waals surface area contributed by atoms with Gasteiger partial charge in [-0.1, -0.05) is 18.2 Å². The molecule has 6 nitrogen and oxygen atoms in total. The van der Waals surface area contributed by atoms with Crippen molar-refractivity contribution in [2.24, 2.45) is 0 Å². The smallest absolute Gasteiger partial charge is 0.203 e. The van der Waals surface area contributed by atoms with Gasteiger partial charge < -0.3 is 18.9 Å². The van der Waals surface area contributed by atoms with Gasteiger partial charge in [0.15, 0.2) is 44.5 Å². The van der Waals surface area contributed by atoms with E-state index in [1.807, 2.05) is 0 Å². The molecule has 0 N–H and O–H groups in total. The molecule has 35 heavy (non-hydrogen) atoms. The fourth-order valence-corrected chi connectivity index (χ4v) is 4.80. The summed E-state index contributed by atoms with van der Waals surface area (Å²) in [5.74, 6) is -3.18. The van der Waals surface area contributed by atoms with Crippen LogP contribution in [0.2, 0.25) is 0 Å². The molecule has 0 aromatic heterocycles. The number of hydrogen-bond donors (Lipinski definition) is 0. The van der Waals surface area contributed by atoms with E-state index >= 15 is 4.39 Å². The second-order valence-corrected chi connectivity index (χ2v) is 9.27. The Hall–Kier alpha value is -3.66. The third kappa shape index (κ3) is 5.54. The van der Waals surface area contributed by atoms with E-state index in [4.69, 9.17) is 18.9 Å². The lowest BCUT2D eigenvalue weighted by molar-refractivity contribution is 0.324. The van der Waals surface area contributed by atoms with Crippen LogP contribution in [0.1, 0.15) is 16.7 Å². The van der Waals surface area contributed by atoms with Crippen molar-refractivity contribution in [1.82, 2.24) is 0 Å². The molecule has 0 saturated heterocycles. The quantitative estimate of drug-likeness (QED) is 0.289. The fourth-order valence-electron chi connectivity index (χ4n) is 3.40. The highest BCUT2D eigenvalue weighted by atomic mass is 32.2. The molecule has 3 rings (SSSR count). The summed E-state index contributed by atoms with van der Waals surface area (Å²) in [6, 6.07) is 8.37. The third-order valence-electron chi connectivity index (χ3n) is 5.19. The molecule has 0 spiro atoms. The molecule has 0 aliphatic carbocycles. The van der Waals surface area contributed by atoms with Crippen LogP contribution in [0.25, 0.3) is 12.2 Å². The Kier molecular flexibility index (Phi) is 7.96. The van der Waals surface area contributed by atoms with E-state index in [0.717, 1.165) is 6.07 Å². The molecule has 0 bridgehead atoms. The Morgan fingerprint density at radius 2 is 1.37 bits per heavy atom. The van der Waals surface area contributed by atoms with Crippen molar-refractivity contribution < 1.29 is 40.5 Å². The molecule has 0 radical (unpaired) electrons. The second-order valence-electron chi connectivity index (χ2n) is 7.28. The Balaban J connectivity index is 2.07. The van der Waals surface area contributed by atoms with Crippen LogP contribution in [0.3, 0.4) is 0 Å². The lowest BCUT2D eigenvalue weighted by atomic mass is 10.1. The van der Waals surface area contributed by atoms with Gasteiger partial charge in [-0.05, 0) is 47.5 Å². The van der Waals surface area contributed by atoms with E-state index in [2.05, 4.69) is 0 Å². The molecule has 0 atom stereocenters. The number of sulfone groups is 1. The first-order valence-corrected chi connectivity index (χ1v) is 11.8. The predicted octanol–water partition coefficient (Wildman–Crippen LogP) is 5.28. The van der Waals surface area contributed by atoms with Crippen LogP contribution < -0.4 is 18.9 Å². The molecule has 10 heteroatoms. The van der Waals surface area contributed by atoms with Crippen molar-refractivity contribution in [1.29, 1.82) is 0 Å². The van der Waals surface area contributed by atoms with Gasteiger partial charge in [-0.2, -0.15) is 0 Å². The number of benzene rings is 3. The van der Waals surface area contributed by atoms with E-state index in [-0.39, 0.29) is 16.9 Å².